The molecule has 3 heterocycles. The van der Waals surface area contributed by atoms with E-state index >= 15 is 0 Å². The molecule has 0 unspecified atom stereocenters. The van der Waals surface area contributed by atoms with Gasteiger partial charge in [-0.25, -0.2) is 0 Å². The Hall–Kier alpha value is -2.64. The van der Waals surface area contributed by atoms with Gasteiger partial charge >= 0.3 is 0 Å². The fraction of sp³-hybridized carbons (Fsp3) is 0.273. The normalized spacial score (nSPS) is 17.7. The van der Waals surface area contributed by atoms with Gasteiger partial charge < -0.3 is 4.57 Å². The SMILES string of the molecule is Cc1cc(/C=C2/C(=N)N3N=C(CC(C)C)SC3=NC2=O)c(C)n1-c1ccc(Cl)cc1. The predicted octanol–water partition coefficient (Wildman–Crippen LogP) is 5.41. The van der Waals surface area contributed by atoms with Crippen molar-refractivity contribution in [1.82, 2.24) is 9.58 Å². The molecule has 1 aromatic carbocycles. The molecule has 0 aliphatic carbocycles. The van der Waals surface area contributed by atoms with Crippen molar-refractivity contribution in [3.8, 4) is 5.69 Å². The molecule has 0 atom stereocenters. The van der Waals surface area contributed by atoms with Gasteiger partial charge in [-0.3, -0.25) is 10.2 Å². The van der Waals surface area contributed by atoms with Crippen LogP contribution in [-0.4, -0.2) is 31.5 Å². The Morgan fingerprint density at radius 3 is 2.60 bits per heavy atom. The molecule has 30 heavy (non-hydrogen) atoms. The van der Waals surface area contributed by atoms with Gasteiger partial charge in [-0.05, 0) is 73.5 Å². The molecule has 6 nitrogen and oxygen atoms in total. The second-order valence-corrected chi connectivity index (χ2v) is 9.23. The second kappa shape index (κ2) is 7.89. The van der Waals surface area contributed by atoms with Gasteiger partial charge in [0.2, 0.25) is 5.17 Å². The van der Waals surface area contributed by atoms with Gasteiger partial charge in [-0.2, -0.15) is 15.1 Å². The molecule has 4 rings (SSSR count). The van der Waals surface area contributed by atoms with Crippen LogP contribution < -0.4 is 0 Å². The molecule has 1 amide bonds. The van der Waals surface area contributed by atoms with E-state index in [1.165, 1.54) is 16.8 Å². The van der Waals surface area contributed by atoms with Crippen LogP contribution in [0.25, 0.3) is 11.8 Å². The molecule has 0 spiro atoms. The standard InChI is InChI=1S/C22H22ClN5OS/c1-12(2)9-19-26-28-20(24)18(21(29)25-22(28)30-19)11-15-10-13(3)27(14(15)4)17-7-5-16(23)6-8-17/h5-8,10-12,24H,9H2,1-4H3/b18-11-,24-20?. The highest BCUT2D eigenvalue weighted by Gasteiger charge is 2.35. The molecule has 0 radical (unpaired) electrons. The van der Waals surface area contributed by atoms with Crippen LogP contribution in [0.2, 0.25) is 5.02 Å². The molecule has 2 aliphatic rings. The smallest absolute Gasteiger partial charge is 0.283 e. The number of halogens is 1. The van der Waals surface area contributed by atoms with Crippen molar-refractivity contribution < 1.29 is 4.79 Å². The summed E-state index contributed by atoms with van der Waals surface area (Å²) < 4.78 is 2.10. The third-order valence-electron chi connectivity index (χ3n) is 4.93. The number of carbonyl (C=O) groups is 1. The van der Waals surface area contributed by atoms with Gasteiger partial charge in [-0.1, -0.05) is 25.4 Å². The first kappa shape index (κ1) is 20.6. The van der Waals surface area contributed by atoms with E-state index in [1.54, 1.807) is 6.08 Å². The first-order valence-electron chi connectivity index (χ1n) is 9.68. The number of benzene rings is 1. The van der Waals surface area contributed by atoms with E-state index in [2.05, 4.69) is 28.5 Å². The maximum Gasteiger partial charge on any atom is 0.283 e. The summed E-state index contributed by atoms with van der Waals surface area (Å²) in [6, 6.07) is 9.61. The summed E-state index contributed by atoms with van der Waals surface area (Å²) in [6.45, 7) is 8.22. The zero-order valence-corrected chi connectivity index (χ0v) is 18.8. The lowest BCUT2D eigenvalue weighted by molar-refractivity contribution is -0.114. The first-order valence-corrected chi connectivity index (χ1v) is 10.9. The number of aryl methyl sites for hydroxylation is 1. The number of nitrogens with zero attached hydrogens (tertiary/aromatic N) is 4. The van der Waals surface area contributed by atoms with Gasteiger partial charge in [0.15, 0.2) is 5.84 Å². The van der Waals surface area contributed by atoms with Gasteiger partial charge in [0.05, 0.1) is 5.57 Å². The van der Waals surface area contributed by atoms with Crippen molar-refractivity contribution in [3.63, 3.8) is 0 Å². The number of nitrogens with one attached hydrogen (secondary N) is 1. The Morgan fingerprint density at radius 1 is 1.23 bits per heavy atom. The number of amides is 1. The maximum absolute atomic E-state index is 12.7. The van der Waals surface area contributed by atoms with E-state index < -0.39 is 5.91 Å². The number of hydrogen-bond acceptors (Lipinski definition) is 4. The minimum atomic E-state index is -0.406. The maximum atomic E-state index is 12.7. The molecule has 1 aromatic heterocycles. The van der Waals surface area contributed by atoms with Gasteiger partial charge in [-0.15, -0.1) is 0 Å². The van der Waals surface area contributed by atoms with Crippen molar-refractivity contribution in [2.45, 2.75) is 34.1 Å². The van der Waals surface area contributed by atoms with Crippen molar-refractivity contribution in [3.05, 3.63) is 57.9 Å². The Kier molecular flexibility index (Phi) is 5.42. The van der Waals surface area contributed by atoms with E-state index in [1.807, 2.05) is 44.2 Å². The van der Waals surface area contributed by atoms with E-state index in [9.17, 15) is 4.79 Å². The number of thioether (sulfide) groups is 1. The van der Waals surface area contributed by atoms with Gasteiger partial charge in [0.25, 0.3) is 5.91 Å². The van der Waals surface area contributed by atoms with Crippen LogP contribution in [0, 0.1) is 25.2 Å². The number of hydrazone groups is 1. The summed E-state index contributed by atoms with van der Waals surface area (Å²) in [4.78, 5) is 16.9. The van der Waals surface area contributed by atoms with Crippen LogP contribution in [0.1, 0.15) is 37.2 Å². The molecular formula is C22H22ClN5OS. The summed E-state index contributed by atoms with van der Waals surface area (Å²) in [6.07, 6.45) is 2.53. The summed E-state index contributed by atoms with van der Waals surface area (Å²) >= 11 is 7.39. The number of carbonyl (C=O) groups excluding carboxylic acids is 1. The lowest BCUT2D eigenvalue weighted by Crippen LogP contribution is -2.35. The Labute approximate surface area is 184 Å². The number of aromatic nitrogens is 1. The third-order valence-corrected chi connectivity index (χ3v) is 6.12. The van der Waals surface area contributed by atoms with Crippen LogP contribution in [0.15, 0.2) is 46.0 Å². The lowest BCUT2D eigenvalue weighted by atomic mass is 10.1. The predicted molar refractivity (Wildman–Crippen MR) is 125 cm³/mol. The molecule has 0 saturated carbocycles. The average molecular weight is 440 g/mol. The topological polar surface area (TPSA) is 73.8 Å². The Morgan fingerprint density at radius 2 is 1.93 bits per heavy atom. The third kappa shape index (κ3) is 3.75. The summed E-state index contributed by atoms with van der Waals surface area (Å²) in [7, 11) is 0. The molecule has 154 valence electrons. The van der Waals surface area contributed by atoms with Crippen LogP contribution >= 0.6 is 23.4 Å². The van der Waals surface area contributed by atoms with Gasteiger partial charge in [0, 0.05) is 28.5 Å². The van der Waals surface area contributed by atoms with E-state index in [-0.39, 0.29) is 11.4 Å². The van der Waals surface area contributed by atoms with Crippen molar-refractivity contribution in [2.75, 3.05) is 0 Å². The zero-order chi connectivity index (χ0) is 21.6. The molecular weight excluding hydrogens is 418 g/mol. The van der Waals surface area contributed by atoms with E-state index in [0.29, 0.717) is 16.1 Å². The summed E-state index contributed by atoms with van der Waals surface area (Å²) in [5.41, 5.74) is 4.09. The van der Waals surface area contributed by atoms with Crippen molar-refractivity contribution in [1.29, 1.82) is 5.41 Å². The number of aliphatic imine (C=N–C) groups is 1. The first-order chi connectivity index (χ1) is 14.2. The number of rotatable bonds is 4. The summed E-state index contributed by atoms with van der Waals surface area (Å²) in [5, 5.41) is 16.6. The van der Waals surface area contributed by atoms with E-state index in [4.69, 9.17) is 17.0 Å². The van der Waals surface area contributed by atoms with Crippen molar-refractivity contribution >= 4 is 51.4 Å². The second-order valence-electron chi connectivity index (χ2n) is 7.75. The molecule has 0 saturated heterocycles. The fourth-order valence-corrected chi connectivity index (χ4v) is 4.76. The van der Waals surface area contributed by atoms with Crippen LogP contribution in [0.5, 0.6) is 0 Å². The molecule has 2 aromatic rings. The Bertz CT molecular complexity index is 1140. The largest absolute Gasteiger partial charge is 0.318 e. The van der Waals surface area contributed by atoms with E-state index in [0.717, 1.165) is 34.1 Å². The average Bonchev–Trinajstić information content (AvgIpc) is 3.19. The van der Waals surface area contributed by atoms with Crippen LogP contribution in [0.4, 0.5) is 0 Å². The zero-order valence-electron chi connectivity index (χ0n) is 17.2. The highest BCUT2D eigenvalue weighted by molar-refractivity contribution is 8.26. The minimum Gasteiger partial charge on any atom is -0.318 e. The Balaban J connectivity index is 1.70. The molecule has 8 heteroatoms. The van der Waals surface area contributed by atoms with Gasteiger partial charge in [0.1, 0.15) is 5.04 Å². The fourth-order valence-electron chi connectivity index (χ4n) is 3.54. The number of amidine groups is 2. The van der Waals surface area contributed by atoms with Crippen molar-refractivity contribution in [2.24, 2.45) is 16.0 Å². The highest BCUT2D eigenvalue weighted by Crippen LogP contribution is 2.31. The highest BCUT2D eigenvalue weighted by atomic mass is 35.5. The molecule has 0 fully saturated rings. The molecule has 2 aliphatic heterocycles. The molecule has 0 bridgehead atoms. The monoisotopic (exact) mass is 439 g/mol. The van der Waals surface area contributed by atoms with Crippen LogP contribution in [0.3, 0.4) is 0 Å². The number of fused-ring (bicyclic) bond motifs is 1. The number of hydrogen-bond donors (Lipinski definition) is 1. The quantitative estimate of drug-likeness (QED) is 0.647. The lowest BCUT2D eigenvalue weighted by Gasteiger charge is -2.20. The summed E-state index contributed by atoms with van der Waals surface area (Å²) in [5.74, 6) is 0.0972. The molecule has 1 N–H and O–H groups in total. The van der Waals surface area contributed by atoms with Crippen LogP contribution in [-0.2, 0) is 4.79 Å². The minimum absolute atomic E-state index is 0.0625.